The number of nitriles is 1. The number of rotatable bonds is 5. The lowest BCUT2D eigenvalue weighted by atomic mass is 10.1. The molecule has 0 amide bonds. The molecule has 0 fully saturated rings. The molecule has 3 nitrogen and oxygen atoms in total. The molecule has 0 N–H and O–H groups in total. The number of benzene rings is 1. The quantitative estimate of drug-likeness (QED) is 0.470. The lowest BCUT2D eigenvalue weighted by Crippen LogP contribution is -2.03. The van der Waals surface area contributed by atoms with Crippen LogP contribution in [0.3, 0.4) is 0 Å². The second-order valence-corrected chi connectivity index (χ2v) is 5.13. The van der Waals surface area contributed by atoms with Crippen molar-refractivity contribution in [1.82, 2.24) is 0 Å². The van der Waals surface area contributed by atoms with E-state index in [4.69, 9.17) is 10.00 Å². The van der Waals surface area contributed by atoms with Crippen LogP contribution in [0.2, 0.25) is 0 Å². The number of hydrogen-bond acceptors (Lipinski definition) is 5. The SMILES string of the molecule is COc1ccc(C(=O)C(C#N)=C(SC)SC)cc1. The third kappa shape index (κ3) is 3.31. The van der Waals surface area contributed by atoms with Crippen LogP contribution in [0.1, 0.15) is 10.4 Å². The van der Waals surface area contributed by atoms with E-state index >= 15 is 0 Å². The second kappa shape index (κ2) is 7.14. The summed E-state index contributed by atoms with van der Waals surface area (Å²) in [5.74, 6) is 0.433. The fourth-order valence-electron chi connectivity index (χ4n) is 1.36. The summed E-state index contributed by atoms with van der Waals surface area (Å²) in [5.41, 5.74) is 0.688. The van der Waals surface area contributed by atoms with Crippen LogP contribution >= 0.6 is 23.5 Å². The van der Waals surface area contributed by atoms with Crippen molar-refractivity contribution in [2.24, 2.45) is 0 Å². The largest absolute Gasteiger partial charge is 0.497 e. The molecule has 0 saturated carbocycles. The molecule has 1 aromatic carbocycles. The van der Waals surface area contributed by atoms with Gasteiger partial charge in [-0.05, 0) is 36.8 Å². The summed E-state index contributed by atoms with van der Waals surface area (Å²) in [6, 6.07) is 8.73. The van der Waals surface area contributed by atoms with Crippen molar-refractivity contribution in [2.45, 2.75) is 0 Å². The van der Waals surface area contributed by atoms with Gasteiger partial charge in [0.15, 0.2) is 0 Å². The van der Waals surface area contributed by atoms with Crippen LogP contribution in [-0.4, -0.2) is 25.4 Å². The lowest BCUT2D eigenvalue weighted by molar-refractivity contribution is 0.103. The van der Waals surface area contributed by atoms with Crippen molar-refractivity contribution >= 4 is 29.3 Å². The number of thioether (sulfide) groups is 2. The Labute approximate surface area is 115 Å². The van der Waals surface area contributed by atoms with Gasteiger partial charge in [-0.25, -0.2) is 0 Å². The van der Waals surface area contributed by atoms with E-state index in [0.717, 1.165) is 4.24 Å². The number of Topliss-reactive ketones (excluding diaryl/α,β-unsaturated/α-hetero) is 1. The van der Waals surface area contributed by atoms with Crippen molar-refractivity contribution in [1.29, 1.82) is 5.26 Å². The summed E-state index contributed by atoms with van der Waals surface area (Å²) in [5, 5.41) is 9.11. The van der Waals surface area contributed by atoms with Gasteiger partial charge in [0.25, 0.3) is 0 Å². The van der Waals surface area contributed by atoms with Gasteiger partial charge in [-0.3, -0.25) is 4.79 Å². The maximum Gasteiger partial charge on any atom is 0.205 e. The average molecular weight is 279 g/mol. The van der Waals surface area contributed by atoms with Gasteiger partial charge in [0.1, 0.15) is 17.4 Å². The Balaban J connectivity index is 3.12. The van der Waals surface area contributed by atoms with Gasteiger partial charge < -0.3 is 4.74 Å². The Morgan fingerprint density at radius 3 is 2.17 bits per heavy atom. The molecular formula is C13H13NO2S2. The molecule has 0 unspecified atom stereocenters. The highest BCUT2D eigenvalue weighted by Crippen LogP contribution is 2.29. The third-order valence-electron chi connectivity index (χ3n) is 2.27. The minimum atomic E-state index is -0.251. The minimum absolute atomic E-state index is 0.195. The van der Waals surface area contributed by atoms with E-state index in [2.05, 4.69) is 0 Å². The van der Waals surface area contributed by atoms with Gasteiger partial charge in [-0.15, -0.1) is 23.5 Å². The fraction of sp³-hybridized carbons (Fsp3) is 0.231. The molecule has 0 aromatic heterocycles. The summed E-state index contributed by atoms with van der Waals surface area (Å²) >= 11 is 2.82. The van der Waals surface area contributed by atoms with Crippen LogP contribution in [0.15, 0.2) is 34.1 Å². The highest BCUT2D eigenvalue weighted by atomic mass is 32.2. The van der Waals surface area contributed by atoms with Crippen molar-refractivity contribution in [2.75, 3.05) is 19.6 Å². The topological polar surface area (TPSA) is 50.1 Å². The summed E-state index contributed by atoms with van der Waals surface area (Å²) in [6.45, 7) is 0. The van der Waals surface area contributed by atoms with Crippen LogP contribution in [0.4, 0.5) is 0 Å². The Bertz CT molecular complexity index is 495. The first-order valence-electron chi connectivity index (χ1n) is 5.09. The molecule has 18 heavy (non-hydrogen) atoms. The molecule has 0 atom stereocenters. The van der Waals surface area contributed by atoms with Gasteiger partial charge in [0, 0.05) is 5.56 Å². The smallest absolute Gasteiger partial charge is 0.205 e. The average Bonchev–Trinajstić information content (AvgIpc) is 2.44. The summed E-state index contributed by atoms with van der Waals surface area (Å²) < 4.78 is 5.76. The summed E-state index contributed by atoms with van der Waals surface area (Å²) in [7, 11) is 1.57. The maximum atomic E-state index is 12.2. The van der Waals surface area contributed by atoms with Gasteiger partial charge in [0.2, 0.25) is 5.78 Å². The predicted molar refractivity (Wildman–Crippen MR) is 77.0 cm³/mol. The monoisotopic (exact) mass is 279 g/mol. The molecule has 1 rings (SSSR count). The zero-order chi connectivity index (χ0) is 13.5. The van der Waals surface area contributed by atoms with E-state index in [0.29, 0.717) is 11.3 Å². The summed E-state index contributed by atoms with van der Waals surface area (Å²) in [6.07, 6.45) is 3.70. The Morgan fingerprint density at radius 2 is 1.78 bits per heavy atom. The van der Waals surface area contributed by atoms with Crippen molar-refractivity contribution in [3.63, 3.8) is 0 Å². The maximum absolute atomic E-state index is 12.2. The Hall–Kier alpha value is -1.38. The van der Waals surface area contributed by atoms with Gasteiger partial charge in [-0.2, -0.15) is 5.26 Å². The first-order valence-corrected chi connectivity index (χ1v) is 7.54. The predicted octanol–water partition coefficient (Wildman–Crippen LogP) is 3.34. The minimum Gasteiger partial charge on any atom is -0.497 e. The molecule has 0 bridgehead atoms. The fourth-order valence-corrected chi connectivity index (χ4v) is 2.71. The van der Waals surface area contributed by atoms with E-state index in [1.807, 2.05) is 18.6 Å². The Morgan fingerprint density at radius 1 is 1.22 bits per heavy atom. The van der Waals surface area contributed by atoms with Crippen LogP contribution in [0.5, 0.6) is 5.75 Å². The number of carbonyl (C=O) groups excluding carboxylic acids is 1. The zero-order valence-electron chi connectivity index (χ0n) is 10.4. The molecule has 94 valence electrons. The van der Waals surface area contributed by atoms with E-state index < -0.39 is 0 Å². The van der Waals surface area contributed by atoms with Crippen LogP contribution in [-0.2, 0) is 0 Å². The lowest BCUT2D eigenvalue weighted by Gasteiger charge is -2.05. The molecule has 0 spiro atoms. The van der Waals surface area contributed by atoms with E-state index in [-0.39, 0.29) is 11.4 Å². The molecule has 0 aliphatic heterocycles. The summed E-state index contributed by atoms with van der Waals surface area (Å²) in [4.78, 5) is 12.2. The standard InChI is InChI=1S/C13H13NO2S2/c1-16-10-6-4-9(5-7-10)12(15)11(8-14)13(17-2)18-3/h4-7H,1-3H3. The Kier molecular flexibility index (Phi) is 5.83. The highest BCUT2D eigenvalue weighted by Gasteiger charge is 2.16. The number of allylic oxidation sites excluding steroid dienone is 1. The molecule has 1 aromatic rings. The van der Waals surface area contributed by atoms with E-state index in [1.54, 1.807) is 31.4 Å². The van der Waals surface area contributed by atoms with Crippen molar-refractivity contribution in [3.05, 3.63) is 39.6 Å². The van der Waals surface area contributed by atoms with Crippen molar-refractivity contribution in [3.8, 4) is 11.8 Å². The zero-order valence-corrected chi connectivity index (χ0v) is 12.0. The molecule has 0 heterocycles. The van der Waals surface area contributed by atoms with Gasteiger partial charge >= 0.3 is 0 Å². The molecular weight excluding hydrogens is 266 g/mol. The van der Waals surface area contributed by atoms with Crippen LogP contribution in [0, 0.1) is 11.3 Å². The number of ketones is 1. The molecule has 0 aliphatic carbocycles. The third-order valence-corrected chi connectivity index (χ3v) is 4.42. The van der Waals surface area contributed by atoms with Crippen LogP contribution < -0.4 is 4.74 Å². The number of carbonyl (C=O) groups is 1. The normalized spacial score (nSPS) is 9.44. The van der Waals surface area contributed by atoms with E-state index in [1.165, 1.54) is 23.5 Å². The van der Waals surface area contributed by atoms with Crippen LogP contribution in [0.25, 0.3) is 0 Å². The second-order valence-electron chi connectivity index (χ2n) is 3.24. The number of ether oxygens (including phenoxy) is 1. The van der Waals surface area contributed by atoms with Crippen molar-refractivity contribution < 1.29 is 9.53 Å². The van der Waals surface area contributed by atoms with Gasteiger partial charge in [0.05, 0.1) is 11.3 Å². The molecule has 0 radical (unpaired) electrons. The van der Waals surface area contributed by atoms with Gasteiger partial charge in [-0.1, -0.05) is 0 Å². The first-order chi connectivity index (χ1) is 8.67. The highest BCUT2D eigenvalue weighted by molar-refractivity contribution is 8.21. The molecule has 0 aliphatic rings. The first kappa shape index (κ1) is 14.7. The number of nitrogens with zero attached hydrogens (tertiary/aromatic N) is 1. The van der Waals surface area contributed by atoms with E-state index in [9.17, 15) is 4.79 Å². The molecule has 5 heteroatoms. The molecule has 0 saturated heterocycles. The number of hydrogen-bond donors (Lipinski definition) is 0. The number of methoxy groups -OCH3 is 1.